The van der Waals surface area contributed by atoms with E-state index in [1.54, 1.807) is 36.4 Å². The van der Waals surface area contributed by atoms with E-state index in [-0.39, 0.29) is 17.1 Å². The topological polar surface area (TPSA) is 52.7 Å². The van der Waals surface area contributed by atoms with Crippen molar-refractivity contribution in [3.8, 4) is 0 Å². The highest BCUT2D eigenvalue weighted by atomic mass is 32.2. The van der Waals surface area contributed by atoms with E-state index in [4.69, 9.17) is 0 Å². The third-order valence-corrected chi connectivity index (χ3v) is 5.90. The van der Waals surface area contributed by atoms with Crippen LogP contribution in [0.25, 0.3) is 21.3 Å². The van der Waals surface area contributed by atoms with Crippen molar-refractivity contribution in [3.63, 3.8) is 0 Å². The van der Waals surface area contributed by atoms with Gasteiger partial charge in [0.1, 0.15) is 10.5 Å². The average molecular weight is 404 g/mol. The minimum absolute atomic E-state index is 0.153. The smallest absolute Gasteiger partial charge is 0.282 e. The highest BCUT2D eigenvalue weighted by molar-refractivity contribution is 7.98. The van der Waals surface area contributed by atoms with Crippen LogP contribution < -0.4 is 5.56 Å². The lowest BCUT2D eigenvalue weighted by atomic mass is 10.3. The number of thiophene rings is 1. The van der Waals surface area contributed by atoms with Gasteiger partial charge in [-0.05, 0) is 23.6 Å². The fourth-order valence-electron chi connectivity index (χ4n) is 2.87. The molecule has 4 aromatic rings. The molecule has 0 radical (unpaired) electrons. The van der Waals surface area contributed by atoms with Gasteiger partial charge in [0, 0.05) is 6.54 Å². The van der Waals surface area contributed by atoms with Gasteiger partial charge in [-0.1, -0.05) is 30.0 Å². The molecule has 5 nitrogen and oxygen atoms in total. The summed E-state index contributed by atoms with van der Waals surface area (Å²) in [6.45, 7) is 1.28. The molecule has 0 bridgehead atoms. The SMILES string of the molecule is C=CCn1c(SCc2nc3ccccc3n2C(F)F)nc2ccsc2c1=O. The molecule has 0 saturated carbocycles. The molecule has 0 spiro atoms. The summed E-state index contributed by atoms with van der Waals surface area (Å²) < 4.78 is 30.2. The Morgan fingerprint density at radius 2 is 2.04 bits per heavy atom. The number of benzene rings is 1. The molecule has 9 heteroatoms. The van der Waals surface area contributed by atoms with E-state index in [2.05, 4.69) is 16.5 Å². The first-order valence-electron chi connectivity index (χ1n) is 8.06. The van der Waals surface area contributed by atoms with Crippen LogP contribution in [-0.4, -0.2) is 19.1 Å². The van der Waals surface area contributed by atoms with Gasteiger partial charge in [-0.25, -0.2) is 9.97 Å². The minimum atomic E-state index is -2.70. The Morgan fingerprint density at radius 3 is 2.81 bits per heavy atom. The van der Waals surface area contributed by atoms with E-state index in [1.807, 2.05) is 5.38 Å². The highest BCUT2D eigenvalue weighted by Crippen LogP contribution is 2.28. The van der Waals surface area contributed by atoms with Crippen LogP contribution in [0, 0.1) is 0 Å². The van der Waals surface area contributed by atoms with Gasteiger partial charge in [0.2, 0.25) is 0 Å². The first-order valence-corrected chi connectivity index (χ1v) is 9.92. The molecule has 0 amide bonds. The lowest BCUT2D eigenvalue weighted by molar-refractivity contribution is 0.0722. The number of hydrogen-bond donors (Lipinski definition) is 0. The number of alkyl halides is 2. The third kappa shape index (κ3) is 3.17. The molecule has 0 unspecified atom stereocenters. The number of rotatable bonds is 6. The first kappa shape index (κ1) is 17.9. The second-order valence-corrected chi connectivity index (χ2v) is 7.55. The summed E-state index contributed by atoms with van der Waals surface area (Å²) >= 11 is 2.54. The molecular formula is C18H14F2N4OS2. The van der Waals surface area contributed by atoms with Crippen molar-refractivity contribution in [3.05, 3.63) is 64.5 Å². The Labute approximate surface area is 161 Å². The van der Waals surface area contributed by atoms with E-state index in [9.17, 15) is 13.6 Å². The van der Waals surface area contributed by atoms with E-state index >= 15 is 0 Å². The monoisotopic (exact) mass is 404 g/mol. The summed E-state index contributed by atoms with van der Waals surface area (Å²) in [4.78, 5) is 21.5. The molecular weight excluding hydrogens is 390 g/mol. The van der Waals surface area contributed by atoms with Crippen molar-refractivity contribution in [2.45, 2.75) is 24.0 Å². The van der Waals surface area contributed by atoms with E-state index in [0.29, 0.717) is 33.0 Å². The van der Waals surface area contributed by atoms with Gasteiger partial charge in [0.15, 0.2) is 5.16 Å². The van der Waals surface area contributed by atoms with Gasteiger partial charge in [-0.15, -0.1) is 17.9 Å². The van der Waals surface area contributed by atoms with Crippen molar-refractivity contribution in [2.24, 2.45) is 0 Å². The number of thioether (sulfide) groups is 1. The Bertz CT molecular complexity index is 1200. The lowest BCUT2D eigenvalue weighted by Gasteiger charge is -2.11. The molecule has 0 atom stereocenters. The Hall–Kier alpha value is -2.52. The van der Waals surface area contributed by atoms with Crippen LogP contribution in [-0.2, 0) is 12.3 Å². The molecule has 27 heavy (non-hydrogen) atoms. The van der Waals surface area contributed by atoms with Crippen molar-refractivity contribution in [1.29, 1.82) is 0 Å². The number of imidazole rings is 1. The van der Waals surface area contributed by atoms with Crippen LogP contribution >= 0.6 is 23.1 Å². The molecule has 0 aliphatic heterocycles. The van der Waals surface area contributed by atoms with Crippen LogP contribution in [0.5, 0.6) is 0 Å². The fraction of sp³-hybridized carbons (Fsp3) is 0.167. The van der Waals surface area contributed by atoms with Crippen LogP contribution in [0.15, 0.2) is 58.3 Å². The second kappa shape index (κ2) is 7.24. The minimum Gasteiger partial charge on any atom is -0.282 e. The van der Waals surface area contributed by atoms with Crippen LogP contribution in [0.4, 0.5) is 8.78 Å². The summed E-state index contributed by atoms with van der Waals surface area (Å²) in [6, 6.07) is 8.55. The molecule has 0 N–H and O–H groups in total. The zero-order valence-electron chi connectivity index (χ0n) is 14.0. The number of hydrogen-bond acceptors (Lipinski definition) is 5. The van der Waals surface area contributed by atoms with Crippen LogP contribution in [0.3, 0.4) is 0 Å². The van der Waals surface area contributed by atoms with Gasteiger partial charge in [-0.3, -0.25) is 13.9 Å². The van der Waals surface area contributed by atoms with Crippen LogP contribution in [0.1, 0.15) is 12.4 Å². The number of aromatic nitrogens is 4. The molecule has 3 heterocycles. The predicted octanol–water partition coefficient (Wildman–Crippen LogP) is 4.68. The van der Waals surface area contributed by atoms with E-state index < -0.39 is 6.55 Å². The summed E-state index contributed by atoms with van der Waals surface area (Å²) in [7, 11) is 0. The summed E-state index contributed by atoms with van der Waals surface area (Å²) in [5, 5.41) is 2.26. The van der Waals surface area contributed by atoms with Gasteiger partial charge in [-0.2, -0.15) is 8.78 Å². The summed E-state index contributed by atoms with van der Waals surface area (Å²) in [5.41, 5.74) is 1.35. The summed E-state index contributed by atoms with van der Waals surface area (Å²) in [6.07, 6.45) is 1.61. The average Bonchev–Trinajstić information content (AvgIpc) is 3.26. The second-order valence-electron chi connectivity index (χ2n) is 5.69. The number of fused-ring (bicyclic) bond motifs is 2. The van der Waals surface area contributed by atoms with Gasteiger partial charge >= 0.3 is 6.55 Å². The number of nitrogens with zero attached hydrogens (tertiary/aromatic N) is 4. The van der Waals surface area contributed by atoms with E-state index in [0.717, 1.165) is 4.57 Å². The predicted molar refractivity (Wildman–Crippen MR) is 105 cm³/mol. The molecule has 1 aromatic carbocycles. The van der Waals surface area contributed by atoms with Gasteiger partial charge in [0.05, 0.1) is 22.3 Å². The highest BCUT2D eigenvalue weighted by Gasteiger charge is 2.19. The Kier molecular flexibility index (Phi) is 4.79. The van der Waals surface area contributed by atoms with Crippen molar-refractivity contribution < 1.29 is 8.78 Å². The number of halogens is 2. The molecule has 0 aliphatic carbocycles. The van der Waals surface area contributed by atoms with Gasteiger partial charge < -0.3 is 0 Å². The zero-order valence-corrected chi connectivity index (χ0v) is 15.6. The Morgan fingerprint density at radius 1 is 1.22 bits per heavy atom. The molecule has 0 aliphatic rings. The Balaban J connectivity index is 1.75. The van der Waals surface area contributed by atoms with Crippen LogP contribution in [0.2, 0.25) is 0 Å². The van der Waals surface area contributed by atoms with Crippen molar-refractivity contribution in [1.82, 2.24) is 19.1 Å². The van der Waals surface area contributed by atoms with E-state index in [1.165, 1.54) is 27.7 Å². The maximum absolute atomic E-state index is 13.6. The molecule has 3 aromatic heterocycles. The maximum atomic E-state index is 13.6. The molecule has 4 rings (SSSR count). The van der Waals surface area contributed by atoms with Gasteiger partial charge in [0.25, 0.3) is 5.56 Å². The molecule has 0 saturated heterocycles. The largest absolute Gasteiger partial charge is 0.320 e. The quantitative estimate of drug-likeness (QED) is 0.266. The van der Waals surface area contributed by atoms with Crippen molar-refractivity contribution >= 4 is 44.3 Å². The molecule has 0 fully saturated rings. The first-order chi connectivity index (χ1) is 13.1. The number of para-hydroxylation sites is 2. The zero-order chi connectivity index (χ0) is 19.0. The van der Waals surface area contributed by atoms with Crippen molar-refractivity contribution in [2.75, 3.05) is 0 Å². The standard InChI is InChI=1S/C18H14F2N4OS2/c1-2-8-23-16(25)15-12(7-9-26-15)22-18(23)27-10-14-21-11-5-3-4-6-13(11)24(14)17(19)20/h2-7,9,17H,1,8,10H2. The normalized spacial score (nSPS) is 11.7. The molecule has 138 valence electrons. The summed E-state index contributed by atoms with van der Waals surface area (Å²) in [5.74, 6) is 0.402. The number of allylic oxidation sites excluding steroid dienone is 1. The maximum Gasteiger partial charge on any atom is 0.320 e. The lowest BCUT2D eigenvalue weighted by Crippen LogP contribution is -2.22. The third-order valence-electron chi connectivity index (χ3n) is 4.04. The fourth-order valence-corrected chi connectivity index (χ4v) is 4.58.